The molecule has 0 saturated carbocycles. The van der Waals surface area contributed by atoms with E-state index < -0.39 is 0 Å². The third-order valence-corrected chi connectivity index (χ3v) is 2.89. The van der Waals surface area contributed by atoms with Crippen LogP contribution in [0.4, 0.5) is 5.82 Å². The molecule has 5 heteroatoms. The van der Waals surface area contributed by atoms with Gasteiger partial charge in [-0.15, -0.1) is 0 Å². The second-order valence-electron chi connectivity index (χ2n) is 3.46. The normalized spacial score (nSPS) is 10.2. The first-order valence-corrected chi connectivity index (χ1v) is 5.69. The number of hydrogen-bond donors (Lipinski definition) is 1. The van der Waals surface area contributed by atoms with Crippen molar-refractivity contribution in [3.63, 3.8) is 0 Å². The molecule has 0 unspecified atom stereocenters. The van der Waals surface area contributed by atoms with E-state index in [1.807, 2.05) is 6.07 Å². The van der Waals surface area contributed by atoms with Gasteiger partial charge in [0.2, 0.25) is 0 Å². The molecule has 0 radical (unpaired) electrons. The van der Waals surface area contributed by atoms with Gasteiger partial charge in [-0.3, -0.25) is 0 Å². The molecule has 1 aromatic heterocycles. The predicted molar refractivity (Wildman–Crippen MR) is 69.4 cm³/mol. The highest BCUT2D eigenvalue weighted by Gasteiger charge is 2.01. The summed E-state index contributed by atoms with van der Waals surface area (Å²) < 4.78 is 5.52. The first-order valence-electron chi connectivity index (χ1n) is 4.93. The van der Waals surface area contributed by atoms with Gasteiger partial charge in [0.15, 0.2) is 0 Å². The van der Waals surface area contributed by atoms with Gasteiger partial charge in [-0.25, -0.2) is 4.98 Å². The molecule has 3 nitrogen and oxygen atoms in total. The van der Waals surface area contributed by atoms with E-state index in [2.05, 4.69) is 4.98 Å². The van der Waals surface area contributed by atoms with Gasteiger partial charge in [0, 0.05) is 0 Å². The molecule has 2 aromatic rings. The molecule has 0 spiro atoms. The van der Waals surface area contributed by atoms with Crippen LogP contribution in [0.1, 0.15) is 5.56 Å². The number of nitrogen functional groups attached to an aromatic ring is 1. The minimum absolute atomic E-state index is 0.405. The van der Waals surface area contributed by atoms with E-state index in [9.17, 15) is 0 Å². The fourth-order valence-electron chi connectivity index (χ4n) is 1.27. The summed E-state index contributed by atoms with van der Waals surface area (Å²) in [5, 5.41) is 1.05. The number of benzene rings is 1. The molecule has 2 N–H and O–H groups in total. The van der Waals surface area contributed by atoms with Gasteiger partial charge in [-0.1, -0.05) is 29.3 Å². The van der Waals surface area contributed by atoms with E-state index in [1.54, 1.807) is 30.5 Å². The van der Waals surface area contributed by atoms with E-state index >= 15 is 0 Å². The number of halogens is 2. The topological polar surface area (TPSA) is 48.1 Å². The van der Waals surface area contributed by atoms with Crippen LogP contribution in [-0.4, -0.2) is 4.98 Å². The molecule has 0 aliphatic carbocycles. The van der Waals surface area contributed by atoms with E-state index in [4.69, 9.17) is 33.7 Å². The van der Waals surface area contributed by atoms with Gasteiger partial charge >= 0.3 is 0 Å². The smallest absolute Gasteiger partial charge is 0.138 e. The van der Waals surface area contributed by atoms with Gasteiger partial charge in [0.25, 0.3) is 0 Å². The van der Waals surface area contributed by atoms with Gasteiger partial charge < -0.3 is 10.5 Å². The highest BCUT2D eigenvalue weighted by Crippen LogP contribution is 2.23. The fourth-order valence-corrected chi connectivity index (χ4v) is 1.59. The highest BCUT2D eigenvalue weighted by molar-refractivity contribution is 6.42. The van der Waals surface area contributed by atoms with Crippen molar-refractivity contribution in [3.8, 4) is 5.75 Å². The van der Waals surface area contributed by atoms with Gasteiger partial charge in [-0.05, 0) is 29.8 Å². The number of rotatable bonds is 3. The Morgan fingerprint density at radius 2 is 1.94 bits per heavy atom. The zero-order valence-electron chi connectivity index (χ0n) is 8.86. The largest absolute Gasteiger partial charge is 0.487 e. The third-order valence-electron chi connectivity index (χ3n) is 2.15. The first-order chi connectivity index (χ1) is 8.15. The number of nitrogens with zero attached hydrogens (tertiary/aromatic N) is 1. The highest BCUT2D eigenvalue weighted by atomic mass is 35.5. The average molecular weight is 269 g/mol. The first kappa shape index (κ1) is 12.0. The summed E-state index contributed by atoms with van der Waals surface area (Å²) in [6.45, 7) is 0.405. The Balaban J connectivity index is 2.02. The summed E-state index contributed by atoms with van der Waals surface area (Å²) in [6, 6.07) is 8.82. The molecule has 0 aliphatic heterocycles. The van der Waals surface area contributed by atoms with Crippen LogP contribution < -0.4 is 10.5 Å². The van der Waals surface area contributed by atoms with Crippen LogP contribution in [0.15, 0.2) is 36.5 Å². The lowest BCUT2D eigenvalue weighted by molar-refractivity contribution is 0.305. The van der Waals surface area contributed by atoms with E-state index in [-0.39, 0.29) is 0 Å². The van der Waals surface area contributed by atoms with Crippen molar-refractivity contribution >= 4 is 29.0 Å². The van der Waals surface area contributed by atoms with Crippen LogP contribution in [0.3, 0.4) is 0 Å². The number of ether oxygens (including phenoxy) is 1. The lowest BCUT2D eigenvalue weighted by Gasteiger charge is -2.06. The third kappa shape index (κ3) is 3.25. The molecule has 0 bridgehead atoms. The number of pyridine rings is 1. The maximum absolute atomic E-state index is 5.90. The molecular weight excluding hydrogens is 259 g/mol. The minimum atomic E-state index is 0.405. The van der Waals surface area contributed by atoms with Crippen molar-refractivity contribution in [2.75, 3.05) is 5.73 Å². The van der Waals surface area contributed by atoms with Crippen molar-refractivity contribution in [2.45, 2.75) is 6.61 Å². The second kappa shape index (κ2) is 5.25. The molecule has 1 aromatic carbocycles. The van der Waals surface area contributed by atoms with Crippen LogP contribution in [0.25, 0.3) is 0 Å². The van der Waals surface area contributed by atoms with Crippen LogP contribution in [0, 0.1) is 0 Å². The van der Waals surface area contributed by atoms with Gasteiger partial charge in [0.05, 0.1) is 16.2 Å². The van der Waals surface area contributed by atoms with E-state index in [1.165, 1.54) is 0 Å². The number of aromatic nitrogens is 1. The quantitative estimate of drug-likeness (QED) is 0.926. The molecular formula is C12H10Cl2N2O. The van der Waals surface area contributed by atoms with Crippen LogP contribution in [0.5, 0.6) is 5.75 Å². The standard InChI is InChI=1S/C12H10Cl2N2O/c13-10-3-1-8(5-11(10)14)7-17-9-2-4-12(15)16-6-9/h1-6H,7H2,(H2,15,16). The Bertz CT molecular complexity index is 514. The molecule has 17 heavy (non-hydrogen) atoms. The molecule has 88 valence electrons. The summed E-state index contributed by atoms with van der Waals surface area (Å²) in [5.41, 5.74) is 6.41. The Hall–Kier alpha value is -1.45. The summed E-state index contributed by atoms with van der Waals surface area (Å²) in [6.07, 6.45) is 1.58. The zero-order valence-corrected chi connectivity index (χ0v) is 10.4. The predicted octanol–water partition coefficient (Wildman–Crippen LogP) is 3.55. The maximum atomic E-state index is 5.90. The molecule has 0 amide bonds. The zero-order chi connectivity index (χ0) is 12.3. The lowest BCUT2D eigenvalue weighted by Crippen LogP contribution is -1.96. The average Bonchev–Trinajstić information content (AvgIpc) is 2.33. The van der Waals surface area contributed by atoms with Gasteiger partial charge in [-0.2, -0.15) is 0 Å². The number of anilines is 1. The van der Waals surface area contributed by atoms with Crippen molar-refractivity contribution in [3.05, 3.63) is 52.1 Å². The monoisotopic (exact) mass is 268 g/mol. The number of nitrogens with two attached hydrogens (primary N) is 1. The van der Waals surface area contributed by atoms with Crippen LogP contribution in [-0.2, 0) is 6.61 Å². The number of hydrogen-bond acceptors (Lipinski definition) is 3. The van der Waals surface area contributed by atoms with E-state index in [0.29, 0.717) is 28.2 Å². The Kier molecular flexibility index (Phi) is 3.71. The molecule has 1 heterocycles. The van der Waals surface area contributed by atoms with Gasteiger partial charge in [0.1, 0.15) is 18.2 Å². The Labute approximate surface area is 109 Å². The molecule has 0 fully saturated rings. The van der Waals surface area contributed by atoms with Crippen LogP contribution >= 0.6 is 23.2 Å². The fraction of sp³-hybridized carbons (Fsp3) is 0.0833. The van der Waals surface area contributed by atoms with Crippen LogP contribution in [0.2, 0.25) is 10.0 Å². The molecule has 0 aliphatic rings. The summed E-state index contributed by atoms with van der Waals surface area (Å²) in [7, 11) is 0. The molecule has 0 atom stereocenters. The lowest BCUT2D eigenvalue weighted by atomic mass is 10.2. The second-order valence-corrected chi connectivity index (χ2v) is 4.27. The summed E-state index contributed by atoms with van der Waals surface area (Å²) in [4.78, 5) is 3.93. The molecule has 2 rings (SSSR count). The summed E-state index contributed by atoms with van der Waals surface area (Å²) in [5.74, 6) is 1.12. The minimum Gasteiger partial charge on any atom is -0.487 e. The van der Waals surface area contributed by atoms with Crippen molar-refractivity contribution < 1.29 is 4.74 Å². The van der Waals surface area contributed by atoms with Crippen molar-refractivity contribution in [1.29, 1.82) is 0 Å². The summed E-state index contributed by atoms with van der Waals surface area (Å²) >= 11 is 11.7. The van der Waals surface area contributed by atoms with E-state index in [0.717, 1.165) is 5.56 Å². The Morgan fingerprint density at radius 3 is 2.59 bits per heavy atom. The Morgan fingerprint density at radius 1 is 1.12 bits per heavy atom. The SMILES string of the molecule is Nc1ccc(OCc2ccc(Cl)c(Cl)c2)cn1. The van der Waals surface area contributed by atoms with Crippen molar-refractivity contribution in [1.82, 2.24) is 4.98 Å². The maximum Gasteiger partial charge on any atom is 0.138 e. The molecule has 0 saturated heterocycles. The van der Waals surface area contributed by atoms with Crippen molar-refractivity contribution in [2.24, 2.45) is 0 Å².